The Bertz CT molecular complexity index is 519. The molecule has 1 atom stereocenters. The topological polar surface area (TPSA) is 9.72 Å². The second-order valence-electron chi connectivity index (χ2n) is 12.8. The predicted molar refractivity (Wildman–Crippen MR) is 120 cm³/mol. The number of rotatable bonds is 2. The molecule has 4 fully saturated rings. The van der Waals surface area contributed by atoms with E-state index in [0.29, 0.717) is 16.4 Å². The predicted octanol–water partition coefficient (Wildman–Crippen LogP) is 4.86. The second-order valence-corrected chi connectivity index (χ2v) is 12.8. The maximum atomic E-state index is 2.88. The first kappa shape index (κ1) is 21.1. The lowest BCUT2D eigenvalue weighted by atomic mass is 9.59. The van der Waals surface area contributed by atoms with Crippen LogP contribution in [0.1, 0.15) is 86.5 Å². The molecule has 0 radical (unpaired) electrons. The van der Waals surface area contributed by atoms with Crippen molar-refractivity contribution >= 4 is 0 Å². The van der Waals surface area contributed by atoms with E-state index < -0.39 is 0 Å². The van der Waals surface area contributed by atoms with Crippen LogP contribution in [0.5, 0.6) is 0 Å². The van der Waals surface area contributed by atoms with Gasteiger partial charge in [0, 0.05) is 30.7 Å². The summed E-state index contributed by atoms with van der Waals surface area (Å²) < 4.78 is 0. The summed E-state index contributed by atoms with van der Waals surface area (Å²) in [5.74, 6) is 0.923. The molecule has 1 saturated carbocycles. The van der Waals surface area contributed by atoms with Crippen molar-refractivity contribution in [3.8, 4) is 0 Å². The zero-order valence-corrected chi connectivity index (χ0v) is 19.8. The molecule has 3 heteroatoms. The summed E-state index contributed by atoms with van der Waals surface area (Å²) in [6.45, 7) is 22.5. The monoisotopic (exact) mass is 389 g/mol. The van der Waals surface area contributed by atoms with E-state index in [0.717, 1.165) is 18.0 Å². The van der Waals surface area contributed by atoms with Crippen molar-refractivity contribution in [3.05, 3.63) is 0 Å². The number of hydrogen-bond acceptors (Lipinski definition) is 3. The van der Waals surface area contributed by atoms with E-state index in [1.807, 2.05) is 0 Å². The van der Waals surface area contributed by atoms with Crippen LogP contribution in [0.3, 0.4) is 0 Å². The van der Waals surface area contributed by atoms with Gasteiger partial charge in [0.05, 0.1) is 0 Å². The third-order valence-corrected chi connectivity index (χ3v) is 9.09. The summed E-state index contributed by atoms with van der Waals surface area (Å²) in [5.41, 5.74) is 1.56. The smallest absolute Gasteiger partial charge is 0.0235 e. The van der Waals surface area contributed by atoms with Crippen LogP contribution in [-0.4, -0.2) is 71.6 Å². The molecule has 4 rings (SSSR count). The molecule has 1 unspecified atom stereocenters. The minimum Gasteiger partial charge on any atom is -0.299 e. The molecule has 1 aliphatic carbocycles. The van der Waals surface area contributed by atoms with Gasteiger partial charge in [-0.1, -0.05) is 20.8 Å². The van der Waals surface area contributed by atoms with Crippen molar-refractivity contribution in [2.24, 2.45) is 16.7 Å². The van der Waals surface area contributed by atoms with Crippen LogP contribution in [0.4, 0.5) is 0 Å². The lowest BCUT2D eigenvalue weighted by molar-refractivity contribution is -0.0538. The molecule has 3 heterocycles. The van der Waals surface area contributed by atoms with Gasteiger partial charge < -0.3 is 0 Å². The summed E-state index contributed by atoms with van der Waals surface area (Å²) in [6.07, 6.45) is 10.1. The Hall–Kier alpha value is -0.120. The molecule has 0 N–H and O–H groups in total. The lowest BCUT2D eigenvalue weighted by Crippen LogP contribution is -2.57. The standard InChI is InChI=1S/C25H47N3/c1-23(2,3)20-7-12-26(13-8-20)21-9-14-27(19-21)22-17-25(18-22)10-15-28(16-11-25)24(4,5)6/h20-22H,7-19H2,1-6H3. The van der Waals surface area contributed by atoms with Crippen LogP contribution in [-0.2, 0) is 0 Å². The highest BCUT2D eigenvalue weighted by Crippen LogP contribution is 2.52. The van der Waals surface area contributed by atoms with Crippen LogP contribution in [0.2, 0.25) is 0 Å². The zero-order valence-electron chi connectivity index (χ0n) is 19.8. The van der Waals surface area contributed by atoms with E-state index in [4.69, 9.17) is 0 Å². The molecule has 162 valence electrons. The molecular formula is C25H47N3. The molecule has 0 aromatic rings. The number of hydrogen-bond donors (Lipinski definition) is 0. The first-order valence-electron chi connectivity index (χ1n) is 12.3. The molecule has 0 amide bonds. The third-order valence-electron chi connectivity index (χ3n) is 9.09. The minimum atomic E-state index is 0.355. The fourth-order valence-electron chi connectivity index (χ4n) is 6.79. The zero-order chi connectivity index (χ0) is 20.2. The quantitative estimate of drug-likeness (QED) is 0.667. The van der Waals surface area contributed by atoms with Crippen LogP contribution in [0.25, 0.3) is 0 Å². The molecule has 28 heavy (non-hydrogen) atoms. The van der Waals surface area contributed by atoms with Crippen LogP contribution in [0, 0.1) is 16.7 Å². The summed E-state index contributed by atoms with van der Waals surface area (Å²) in [4.78, 5) is 8.43. The van der Waals surface area contributed by atoms with E-state index in [-0.39, 0.29) is 0 Å². The Morgan fingerprint density at radius 1 is 0.679 bits per heavy atom. The number of piperidine rings is 2. The van der Waals surface area contributed by atoms with Crippen LogP contribution in [0.15, 0.2) is 0 Å². The van der Waals surface area contributed by atoms with Gasteiger partial charge >= 0.3 is 0 Å². The summed E-state index contributed by atoms with van der Waals surface area (Å²) in [6, 6.07) is 1.75. The first-order chi connectivity index (χ1) is 13.1. The van der Waals surface area contributed by atoms with E-state index in [1.54, 1.807) is 0 Å². The summed E-state index contributed by atoms with van der Waals surface area (Å²) in [7, 11) is 0. The Labute approximate surface area is 175 Å². The van der Waals surface area contributed by atoms with Gasteiger partial charge in [0.25, 0.3) is 0 Å². The van der Waals surface area contributed by atoms with Gasteiger partial charge in [-0.3, -0.25) is 14.7 Å². The normalized spacial score (nSPS) is 32.1. The molecule has 4 aliphatic rings. The fraction of sp³-hybridized carbons (Fsp3) is 1.00. The van der Waals surface area contributed by atoms with E-state index in [2.05, 4.69) is 56.2 Å². The average Bonchev–Trinajstić information content (AvgIpc) is 3.08. The summed E-state index contributed by atoms with van der Waals surface area (Å²) in [5, 5.41) is 0. The van der Waals surface area contributed by atoms with E-state index in [9.17, 15) is 0 Å². The second kappa shape index (κ2) is 7.54. The van der Waals surface area contributed by atoms with Crippen molar-refractivity contribution in [2.45, 2.75) is 104 Å². The molecule has 0 bridgehead atoms. The van der Waals surface area contributed by atoms with Crippen molar-refractivity contribution < 1.29 is 0 Å². The van der Waals surface area contributed by atoms with Crippen molar-refractivity contribution in [3.63, 3.8) is 0 Å². The average molecular weight is 390 g/mol. The van der Waals surface area contributed by atoms with Crippen molar-refractivity contribution in [2.75, 3.05) is 39.3 Å². The molecule has 3 nitrogen and oxygen atoms in total. The Kier molecular flexibility index (Phi) is 5.69. The van der Waals surface area contributed by atoms with Gasteiger partial charge in [0.15, 0.2) is 0 Å². The molecule has 0 aromatic heterocycles. The number of likely N-dealkylation sites (tertiary alicyclic amines) is 3. The maximum absolute atomic E-state index is 2.88. The Morgan fingerprint density at radius 2 is 1.25 bits per heavy atom. The highest BCUT2D eigenvalue weighted by molar-refractivity contribution is 5.04. The minimum absolute atomic E-state index is 0.355. The largest absolute Gasteiger partial charge is 0.299 e. The van der Waals surface area contributed by atoms with Gasteiger partial charge in [0.2, 0.25) is 0 Å². The van der Waals surface area contributed by atoms with Gasteiger partial charge in [-0.15, -0.1) is 0 Å². The van der Waals surface area contributed by atoms with E-state index >= 15 is 0 Å². The first-order valence-corrected chi connectivity index (χ1v) is 12.3. The van der Waals surface area contributed by atoms with Crippen molar-refractivity contribution in [1.82, 2.24) is 14.7 Å². The van der Waals surface area contributed by atoms with Crippen LogP contribution >= 0.6 is 0 Å². The third kappa shape index (κ3) is 4.32. The molecule has 3 saturated heterocycles. The maximum Gasteiger partial charge on any atom is 0.0235 e. The van der Waals surface area contributed by atoms with E-state index in [1.165, 1.54) is 84.2 Å². The lowest BCUT2D eigenvalue weighted by Gasteiger charge is -2.56. The molecule has 0 aromatic carbocycles. The molecule has 1 spiro atoms. The van der Waals surface area contributed by atoms with Gasteiger partial charge in [0.1, 0.15) is 0 Å². The highest BCUT2D eigenvalue weighted by atomic mass is 15.3. The van der Waals surface area contributed by atoms with Gasteiger partial charge in [-0.2, -0.15) is 0 Å². The molecular weight excluding hydrogens is 342 g/mol. The fourth-order valence-corrected chi connectivity index (χ4v) is 6.79. The van der Waals surface area contributed by atoms with Crippen LogP contribution < -0.4 is 0 Å². The van der Waals surface area contributed by atoms with Gasteiger partial charge in [-0.05, 0) is 109 Å². The SMILES string of the molecule is CC(C)(C)C1CCN(C2CCN(C3CC4(CCN(C(C)(C)C)CC4)C3)C2)CC1. The van der Waals surface area contributed by atoms with Gasteiger partial charge in [-0.25, -0.2) is 0 Å². The van der Waals surface area contributed by atoms with Crippen molar-refractivity contribution in [1.29, 1.82) is 0 Å². The summed E-state index contributed by atoms with van der Waals surface area (Å²) >= 11 is 0. The molecule has 3 aliphatic heterocycles. The highest BCUT2D eigenvalue weighted by Gasteiger charge is 2.49. The Morgan fingerprint density at radius 3 is 1.79 bits per heavy atom. The number of nitrogens with zero attached hydrogens (tertiary/aromatic N) is 3. The Balaban J connectivity index is 1.21.